The monoisotopic (exact) mass is 266 g/mol. The van der Waals surface area contributed by atoms with Gasteiger partial charge in [0.25, 0.3) is 0 Å². The smallest absolute Gasteiger partial charge is 0.354 e. The van der Waals surface area contributed by atoms with E-state index in [2.05, 4.69) is 20.9 Å². The number of nitrogens with zero attached hydrogens (tertiary/aromatic N) is 1. The lowest BCUT2D eigenvalue weighted by molar-refractivity contribution is -0.122. The molecule has 0 radical (unpaired) electrons. The van der Waals surface area contributed by atoms with E-state index < -0.39 is 18.0 Å². The Morgan fingerprint density at radius 2 is 2.00 bits per heavy atom. The summed E-state index contributed by atoms with van der Waals surface area (Å²) in [6.45, 7) is 1.53. The van der Waals surface area contributed by atoms with Crippen molar-refractivity contribution in [2.75, 3.05) is 12.4 Å². The topological polar surface area (TPSA) is 120 Å². The molecule has 3 amide bonds. The molecule has 0 aliphatic carbocycles. The molecule has 0 saturated heterocycles. The lowest BCUT2D eigenvalue weighted by Gasteiger charge is -2.13. The number of urea groups is 1. The van der Waals surface area contributed by atoms with Crippen LogP contribution in [0.5, 0.6) is 0 Å². The number of aromatic carboxylic acids is 1. The average molecular weight is 266 g/mol. The van der Waals surface area contributed by atoms with Crippen molar-refractivity contribution < 1.29 is 19.5 Å². The van der Waals surface area contributed by atoms with E-state index in [1.54, 1.807) is 0 Å². The first kappa shape index (κ1) is 14.4. The molecule has 1 heterocycles. The predicted molar refractivity (Wildman–Crippen MR) is 66.9 cm³/mol. The van der Waals surface area contributed by atoms with Crippen LogP contribution >= 0.6 is 0 Å². The summed E-state index contributed by atoms with van der Waals surface area (Å²) in [6.07, 6.45) is 1.22. The number of likely N-dealkylation sites (N-methyl/N-ethyl adjacent to an activating group) is 1. The van der Waals surface area contributed by atoms with Gasteiger partial charge in [-0.25, -0.2) is 14.6 Å². The van der Waals surface area contributed by atoms with Crippen molar-refractivity contribution in [1.29, 1.82) is 0 Å². The molecule has 0 fully saturated rings. The highest BCUT2D eigenvalue weighted by Gasteiger charge is 2.14. The zero-order chi connectivity index (χ0) is 14.4. The van der Waals surface area contributed by atoms with E-state index in [1.807, 2.05) is 0 Å². The number of carboxylic acids is 1. The van der Waals surface area contributed by atoms with Crippen LogP contribution in [0.25, 0.3) is 0 Å². The molecule has 0 spiro atoms. The van der Waals surface area contributed by atoms with E-state index in [0.29, 0.717) is 5.69 Å². The number of hydrogen-bond donors (Lipinski definition) is 4. The van der Waals surface area contributed by atoms with Crippen LogP contribution in [0.15, 0.2) is 18.3 Å². The molecule has 8 nitrogen and oxygen atoms in total. The quantitative estimate of drug-likeness (QED) is 0.613. The summed E-state index contributed by atoms with van der Waals surface area (Å²) in [5.41, 5.74) is 0.205. The van der Waals surface area contributed by atoms with Gasteiger partial charge in [0, 0.05) is 7.05 Å². The molecule has 0 aromatic carbocycles. The third-order valence-corrected chi connectivity index (χ3v) is 2.23. The zero-order valence-corrected chi connectivity index (χ0v) is 10.4. The number of carboxylic acid groups (broad SMARTS) is 1. The molecular weight excluding hydrogens is 252 g/mol. The second kappa shape index (κ2) is 6.34. The Bertz CT molecular complexity index is 486. The Balaban J connectivity index is 2.57. The largest absolute Gasteiger partial charge is 0.477 e. The number of hydrogen-bond acceptors (Lipinski definition) is 4. The molecule has 4 N–H and O–H groups in total. The highest BCUT2D eigenvalue weighted by atomic mass is 16.4. The van der Waals surface area contributed by atoms with Gasteiger partial charge < -0.3 is 21.1 Å². The highest BCUT2D eigenvalue weighted by molar-refractivity contribution is 5.93. The summed E-state index contributed by atoms with van der Waals surface area (Å²) in [6, 6.07) is 1.40. The number of carbonyl (C=O) groups excluding carboxylic acids is 2. The molecule has 19 heavy (non-hydrogen) atoms. The van der Waals surface area contributed by atoms with Gasteiger partial charge >= 0.3 is 12.0 Å². The Kier molecular flexibility index (Phi) is 4.81. The minimum absolute atomic E-state index is 0.121. The number of nitrogens with one attached hydrogen (secondary N) is 3. The van der Waals surface area contributed by atoms with E-state index in [4.69, 9.17) is 5.11 Å². The van der Waals surface area contributed by atoms with Crippen molar-refractivity contribution in [2.24, 2.45) is 0 Å². The maximum atomic E-state index is 11.5. The summed E-state index contributed by atoms with van der Waals surface area (Å²) < 4.78 is 0. The molecular formula is C11H14N4O4. The normalized spacial score (nSPS) is 11.3. The molecule has 102 valence electrons. The lowest BCUT2D eigenvalue weighted by Crippen LogP contribution is -2.45. The van der Waals surface area contributed by atoms with Gasteiger partial charge in [0.1, 0.15) is 11.7 Å². The summed E-state index contributed by atoms with van der Waals surface area (Å²) in [4.78, 5) is 36.9. The van der Waals surface area contributed by atoms with Crippen molar-refractivity contribution in [2.45, 2.75) is 13.0 Å². The zero-order valence-electron chi connectivity index (χ0n) is 10.4. The van der Waals surface area contributed by atoms with Gasteiger partial charge in [-0.2, -0.15) is 0 Å². The summed E-state index contributed by atoms with van der Waals surface area (Å²) in [5, 5.41) is 15.9. The van der Waals surface area contributed by atoms with E-state index in [-0.39, 0.29) is 11.6 Å². The van der Waals surface area contributed by atoms with Crippen molar-refractivity contribution in [3.8, 4) is 0 Å². The Labute approximate surface area is 109 Å². The minimum atomic E-state index is -1.15. The van der Waals surface area contributed by atoms with Crippen LogP contribution in [-0.4, -0.2) is 41.1 Å². The molecule has 1 aromatic rings. The molecule has 1 unspecified atom stereocenters. The molecule has 0 aliphatic heterocycles. The van der Waals surface area contributed by atoms with Gasteiger partial charge in [0.2, 0.25) is 5.91 Å². The van der Waals surface area contributed by atoms with Crippen LogP contribution in [0.3, 0.4) is 0 Å². The fourth-order valence-corrected chi connectivity index (χ4v) is 1.24. The highest BCUT2D eigenvalue weighted by Crippen LogP contribution is 2.05. The molecule has 0 aliphatic rings. The Morgan fingerprint density at radius 3 is 2.47 bits per heavy atom. The number of pyridine rings is 1. The summed E-state index contributed by atoms with van der Waals surface area (Å²) in [5.74, 6) is -1.47. The fourth-order valence-electron chi connectivity index (χ4n) is 1.24. The van der Waals surface area contributed by atoms with Crippen LogP contribution in [0.4, 0.5) is 10.5 Å². The Hall–Kier alpha value is -2.64. The van der Waals surface area contributed by atoms with E-state index in [9.17, 15) is 14.4 Å². The van der Waals surface area contributed by atoms with Gasteiger partial charge in [-0.05, 0) is 19.1 Å². The van der Waals surface area contributed by atoms with Gasteiger partial charge in [0.05, 0.1) is 11.9 Å². The molecule has 0 bridgehead atoms. The second-order valence-electron chi connectivity index (χ2n) is 3.67. The maximum Gasteiger partial charge on any atom is 0.354 e. The lowest BCUT2D eigenvalue weighted by atomic mass is 10.3. The van der Waals surface area contributed by atoms with E-state index in [0.717, 1.165) is 0 Å². The molecule has 1 atom stereocenters. The van der Waals surface area contributed by atoms with Crippen molar-refractivity contribution in [1.82, 2.24) is 15.6 Å². The van der Waals surface area contributed by atoms with Crippen LogP contribution < -0.4 is 16.0 Å². The SMILES string of the molecule is CNC(=O)C(C)NC(=O)Nc1ccc(C(=O)O)nc1. The first-order chi connectivity index (χ1) is 8.93. The van der Waals surface area contributed by atoms with Gasteiger partial charge in [-0.15, -0.1) is 0 Å². The summed E-state index contributed by atoms with van der Waals surface area (Å²) in [7, 11) is 1.47. The van der Waals surface area contributed by atoms with Crippen molar-refractivity contribution in [3.63, 3.8) is 0 Å². The third kappa shape index (κ3) is 4.26. The van der Waals surface area contributed by atoms with E-state index >= 15 is 0 Å². The standard InChI is InChI=1S/C11H14N4O4/c1-6(9(16)12-2)14-11(19)15-7-3-4-8(10(17)18)13-5-7/h3-6H,1-2H3,(H,12,16)(H,17,18)(H2,14,15,19). The number of anilines is 1. The first-order valence-corrected chi connectivity index (χ1v) is 5.42. The van der Waals surface area contributed by atoms with Crippen LogP contribution in [0.2, 0.25) is 0 Å². The molecule has 0 saturated carbocycles. The number of rotatable bonds is 4. The van der Waals surface area contributed by atoms with Crippen LogP contribution in [0, 0.1) is 0 Å². The molecule has 8 heteroatoms. The Morgan fingerprint density at radius 1 is 1.32 bits per heavy atom. The van der Waals surface area contributed by atoms with Gasteiger partial charge in [-0.3, -0.25) is 4.79 Å². The summed E-state index contributed by atoms with van der Waals surface area (Å²) >= 11 is 0. The average Bonchev–Trinajstić information content (AvgIpc) is 2.38. The van der Waals surface area contributed by atoms with Gasteiger partial charge in [-0.1, -0.05) is 0 Å². The number of amides is 3. The van der Waals surface area contributed by atoms with Crippen molar-refractivity contribution >= 4 is 23.6 Å². The molecule has 1 aromatic heterocycles. The van der Waals surface area contributed by atoms with E-state index in [1.165, 1.54) is 32.3 Å². The predicted octanol–water partition coefficient (Wildman–Crippen LogP) is 0.0358. The van der Waals surface area contributed by atoms with Crippen LogP contribution in [-0.2, 0) is 4.79 Å². The second-order valence-corrected chi connectivity index (χ2v) is 3.67. The van der Waals surface area contributed by atoms with Crippen molar-refractivity contribution in [3.05, 3.63) is 24.0 Å². The van der Waals surface area contributed by atoms with Gasteiger partial charge in [0.15, 0.2) is 0 Å². The third-order valence-electron chi connectivity index (χ3n) is 2.23. The van der Waals surface area contributed by atoms with Crippen LogP contribution in [0.1, 0.15) is 17.4 Å². The fraction of sp³-hybridized carbons (Fsp3) is 0.273. The number of carbonyl (C=O) groups is 3. The first-order valence-electron chi connectivity index (χ1n) is 5.42. The maximum absolute atomic E-state index is 11.5. The minimum Gasteiger partial charge on any atom is -0.477 e. The number of aromatic nitrogens is 1. The molecule has 1 rings (SSSR count).